The second-order valence-corrected chi connectivity index (χ2v) is 11.0. The molecule has 0 aliphatic heterocycles. The minimum Gasteiger partial charge on any atom is -0.383 e. The van der Waals surface area contributed by atoms with Gasteiger partial charge in [0.2, 0.25) is 0 Å². The summed E-state index contributed by atoms with van der Waals surface area (Å²) in [6, 6.07) is 1.32. The first-order chi connectivity index (χ1) is 14.1. The van der Waals surface area contributed by atoms with Crippen LogP contribution in [0.1, 0.15) is 19.1 Å². The van der Waals surface area contributed by atoms with Crippen LogP contribution in [0.3, 0.4) is 0 Å². The lowest BCUT2D eigenvalue weighted by Gasteiger charge is -2.20. The smallest absolute Gasteiger partial charge is 0.383 e. The molecule has 1 heterocycles. The Morgan fingerprint density at radius 1 is 1.13 bits per heavy atom. The molecule has 180 valence electrons. The summed E-state index contributed by atoms with van der Waals surface area (Å²) in [5.41, 5.74) is 4.60. The Kier molecular flexibility index (Phi) is 10.6. The molecule has 0 radical (unpaired) electrons. The molecule has 0 aromatic carbocycles. The molecule has 0 aliphatic carbocycles. The fourth-order valence-corrected chi connectivity index (χ4v) is 4.06. The molecule has 0 saturated heterocycles. The summed E-state index contributed by atoms with van der Waals surface area (Å²) in [5.74, 6) is -0.00816. The molecule has 0 bridgehead atoms. The Hall–Kier alpha value is -0.990. The Labute approximate surface area is 176 Å². The second-order valence-electron chi connectivity index (χ2n) is 6.09. The van der Waals surface area contributed by atoms with E-state index >= 15 is 0 Å². The number of methoxy groups -OCH3 is 1. The van der Waals surface area contributed by atoms with Crippen LogP contribution >= 0.6 is 23.0 Å². The SMILES string of the molecule is CO[C@H](CC[C@@H](O)n1ccc(N)nc1=O)COP(=O)(O)OOP(C)(=O)OOP(C)(=O)O. The van der Waals surface area contributed by atoms with Crippen LogP contribution in [0.4, 0.5) is 5.82 Å². The zero-order valence-electron chi connectivity index (χ0n) is 16.7. The third kappa shape index (κ3) is 11.4. The van der Waals surface area contributed by atoms with E-state index < -0.39 is 47.6 Å². The van der Waals surface area contributed by atoms with Crippen molar-refractivity contribution in [1.29, 1.82) is 0 Å². The average Bonchev–Trinajstić information content (AvgIpc) is 2.64. The molecule has 16 nitrogen and oxygen atoms in total. The Morgan fingerprint density at radius 3 is 2.29 bits per heavy atom. The summed E-state index contributed by atoms with van der Waals surface area (Å²) < 4.78 is 61.3. The van der Waals surface area contributed by atoms with Gasteiger partial charge in [-0.1, -0.05) is 0 Å². The van der Waals surface area contributed by atoms with E-state index in [1.807, 2.05) is 0 Å². The number of aliphatic hydroxyl groups is 1. The van der Waals surface area contributed by atoms with Crippen molar-refractivity contribution in [1.82, 2.24) is 9.55 Å². The van der Waals surface area contributed by atoms with Crippen LogP contribution in [0.25, 0.3) is 0 Å². The highest BCUT2D eigenvalue weighted by molar-refractivity contribution is 7.55. The molecule has 1 rings (SSSR count). The molecule has 0 fully saturated rings. The van der Waals surface area contributed by atoms with Gasteiger partial charge in [-0.15, -0.1) is 18.7 Å². The topological polar surface area (TPSA) is 228 Å². The summed E-state index contributed by atoms with van der Waals surface area (Å²) in [4.78, 5) is 33.6. The molecule has 1 aromatic heterocycles. The van der Waals surface area contributed by atoms with Gasteiger partial charge in [0.05, 0.1) is 12.7 Å². The van der Waals surface area contributed by atoms with Crippen LogP contribution in [0, 0.1) is 0 Å². The fraction of sp³-hybridized carbons (Fsp3) is 0.667. The van der Waals surface area contributed by atoms with Crippen LogP contribution in [0.2, 0.25) is 0 Å². The van der Waals surface area contributed by atoms with E-state index in [2.05, 4.69) is 28.2 Å². The van der Waals surface area contributed by atoms with E-state index in [1.165, 1.54) is 19.4 Å². The number of rotatable bonds is 14. The number of nitrogens with zero attached hydrogens (tertiary/aromatic N) is 2. The van der Waals surface area contributed by atoms with Gasteiger partial charge < -0.3 is 25.4 Å². The summed E-state index contributed by atoms with van der Waals surface area (Å²) in [7, 11) is -12.1. The van der Waals surface area contributed by atoms with Gasteiger partial charge >= 0.3 is 28.7 Å². The number of nitrogens with two attached hydrogens (primary N) is 1. The van der Waals surface area contributed by atoms with Gasteiger partial charge in [0.25, 0.3) is 0 Å². The van der Waals surface area contributed by atoms with Crippen molar-refractivity contribution in [2.45, 2.75) is 25.2 Å². The molecule has 5 N–H and O–H groups in total. The summed E-state index contributed by atoms with van der Waals surface area (Å²) in [5, 5.41) is 10.1. The van der Waals surface area contributed by atoms with Gasteiger partial charge in [0.1, 0.15) is 12.0 Å². The highest BCUT2D eigenvalue weighted by atomic mass is 31.2. The zero-order chi connectivity index (χ0) is 23.9. The number of phosphoric ester groups is 1. The van der Waals surface area contributed by atoms with Crippen molar-refractivity contribution in [3.8, 4) is 0 Å². The predicted molar refractivity (Wildman–Crippen MR) is 104 cm³/mol. The quantitative estimate of drug-likeness (QED) is 0.153. The number of aliphatic hydroxyl groups excluding tert-OH is 1. The van der Waals surface area contributed by atoms with Gasteiger partial charge in [0, 0.05) is 26.6 Å². The standard InChI is InChI=1S/C12H24N3O13P3/c1-23-9(4-5-11(16)15-7-6-10(13)14-12(15)17)8-24-31(21,22)28-27-30(3,20)26-25-29(2,18)19/h6-7,9,11,16H,4-5,8H2,1-3H3,(H,18,19)(H,21,22)(H2,13,14,17)/t9-,11-,30?/m1/s1. The molecule has 0 aliphatic rings. The van der Waals surface area contributed by atoms with Crippen LogP contribution in [0.5, 0.6) is 0 Å². The highest BCUT2D eigenvalue weighted by Gasteiger charge is 2.32. The maximum Gasteiger partial charge on any atom is 0.500 e. The minimum atomic E-state index is -4.92. The molecule has 5 atom stereocenters. The second kappa shape index (κ2) is 11.8. The Morgan fingerprint density at radius 2 is 1.74 bits per heavy atom. The number of aromatic nitrogens is 2. The van der Waals surface area contributed by atoms with E-state index in [9.17, 15) is 28.5 Å². The summed E-state index contributed by atoms with van der Waals surface area (Å²) in [6.07, 6.45) is -0.800. The molecule has 0 amide bonds. The van der Waals surface area contributed by atoms with Crippen molar-refractivity contribution in [3.63, 3.8) is 0 Å². The predicted octanol–water partition coefficient (Wildman–Crippen LogP) is 0.763. The molecule has 0 spiro atoms. The number of anilines is 1. The maximum absolute atomic E-state index is 11.8. The number of ether oxygens (including phenoxy) is 1. The van der Waals surface area contributed by atoms with E-state index in [0.29, 0.717) is 0 Å². The van der Waals surface area contributed by atoms with Crippen molar-refractivity contribution in [3.05, 3.63) is 22.7 Å². The third-order valence-corrected chi connectivity index (χ3v) is 5.26. The van der Waals surface area contributed by atoms with Gasteiger partial charge in [-0.05, 0) is 18.9 Å². The number of phosphoric acid groups is 1. The molecule has 1 aromatic rings. The van der Waals surface area contributed by atoms with Gasteiger partial charge in [0.15, 0.2) is 0 Å². The summed E-state index contributed by atoms with van der Waals surface area (Å²) >= 11 is 0. The molecule has 19 heteroatoms. The monoisotopic (exact) mass is 511 g/mol. The van der Waals surface area contributed by atoms with Crippen LogP contribution in [-0.2, 0) is 41.7 Å². The van der Waals surface area contributed by atoms with Crippen LogP contribution in [-0.4, -0.2) is 57.6 Å². The van der Waals surface area contributed by atoms with E-state index in [1.54, 1.807) is 0 Å². The lowest BCUT2D eigenvalue weighted by Crippen LogP contribution is -2.28. The fourth-order valence-electron chi connectivity index (χ4n) is 1.83. The van der Waals surface area contributed by atoms with E-state index in [-0.39, 0.29) is 18.7 Å². The third-order valence-electron chi connectivity index (χ3n) is 3.25. The first-order valence-electron chi connectivity index (χ1n) is 8.31. The number of hydrogen-bond acceptors (Lipinski definition) is 13. The number of nitrogen functional groups attached to an aromatic ring is 1. The van der Waals surface area contributed by atoms with Crippen molar-refractivity contribution >= 4 is 28.8 Å². The molecule has 0 saturated carbocycles. The van der Waals surface area contributed by atoms with Gasteiger partial charge in [-0.2, -0.15) is 4.98 Å². The van der Waals surface area contributed by atoms with E-state index in [4.69, 9.17) is 15.4 Å². The molecule has 31 heavy (non-hydrogen) atoms. The Balaban J connectivity index is 2.52. The number of hydrogen-bond donors (Lipinski definition) is 4. The lowest BCUT2D eigenvalue weighted by atomic mass is 10.2. The Bertz CT molecular complexity index is 918. The van der Waals surface area contributed by atoms with E-state index in [0.717, 1.165) is 17.9 Å². The molecular weight excluding hydrogens is 487 g/mol. The zero-order valence-corrected chi connectivity index (χ0v) is 19.4. The van der Waals surface area contributed by atoms with Crippen LogP contribution in [0.15, 0.2) is 17.1 Å². The minimum absolute atomic E-state index is 0.00816. The van der Waals surface area contributed by atoms with Crippen molar-refractivity contribution < 1.29 is 56.5 Å². The maximum atomic E-state index is 11.8. The van der Waals surface area contributed by atoms with Crippen molar-refractivity contribution in [2.24, 2.45) is 0 Å². The lowest BCUT2D eigenvalue weighted by molar-refractivity contribution is -0.184. The first-order valence-corrected chi connectivity index (χ1v) is 13.8. The summed E-state index contributed by atoms with van der Waals surface area (Å²) in [6.45, 7) is 0.938. The molecular formula is C12H24N3O13P3. The largest absolute Gasteiger partial charge is 0.500 e. The first kappa shape index (κ1) is 28.0. The average molecular weight is 511 g/mol. The molecule has 3 unspecified atom stereocenters. The van der Waals surface area contributed by atoms with Gasteiger partial charge in [-0.25, -0.2) is 9.36 Å². The van der Waals surface area contributed by atoms with Crippen molar-refractivity contribution in [2.75, 3.05) is 32.8 Å². The van der Waals surface area contributed by atoms with Gasteiger partial charge in [-0.3, -0.25) is 18.2 Å². The van der Waals surface area contributed by atoms with Crippen LogP contribution < -0.4 is 11.4 Å². The normalized spacial score (nSPS) is 19.7. The highest BCUT2D eigenvalue weighted by Crippen LogP contribution is 2.55.